The van der Waals surface area contributed by atoms with Crippen molar-refractivity contribution < 1.29 is 9.90 Å². The first-order chi connectivity index (χ1) is 7.09. The molecule has 0 unspecified atom stereocenters. The minimum atomic E-state index is -0.879. The van der Waals surface area contributed by atoms with Gasteiger partial charge in [0.25, 0.3) is 0 Å². The molecule has 0 spiro atoms. The molecule has 0 aliphatic rings. The molecule has 0 aromatic carbocycles. The van der Waals surface area contributed by atoms with Crippen molar-refractivity contribution >= 4 is 17.3 Å². The number of carbonyl (C=O) groups is 1. The summed E-state index contributed by atoms with van der Waals surface area (Å²) < 4.78 is 0. The van der Waals surface area contributed by atoms with Gasteiger partial charge in [-0.15, -0.1) is 11.3 Å². The number of nitrogens with zero attached hydrogens (tertiary/aromatic N) is 1. The fraction of sp³-hybridized carbons (Fsp3) is 0.200. The summed E-state index contributed by atoms with van der Waals surface area (Å²) in [6, 6.07) is 1.69. The number of carboxylic acid groups (broad SMARTS) is 1. The first-order valence-electron chi connectivity index (χ1n) is 4.43. The average Bonchev–Trinajstić information content (AvgIpc) is 2.71. The van der Waals surface area contributed by atoms with Gasteiger partial charge in [0.2, 0.25) is 0 Å². The number of aromatic amines is 1. The molecule has 2 N–H and O–H groups in total. The van der Waals surface area contributed by atoms with Crippen molar-refractivity contribution in [3.8, 4) is 11.1 Å². The summed E-state index contributed by atoms with van der Waals surface area (Å²) >= 11 is 1.29. The molecule has 0 amide bonds. The average molecular weight is 222 g/mol. The van der Waals surface area contributed by atoms with E-state index in [1.165, 1.54) is 11.3 Å². The molecule has 2 aromatic heterocycles. The normalized spacial score (nSPS) is 10.5. The lowest BCUT2D eigenvalue weighted by atomic mass is 10.1. The lowest BCUT2D eigenvalue weighted by Crippen LogP contribution is -1.89. The first-order valence-corrected chi connectivity index (χ1v) is 5.25. The zero-order chi connectivity index (χ0) is 11.0. The van der Waals surface area contributed by atoms with Gasteiger partial charge in [0.05, 0.1) is 6.20 Å². The maximum absolute atomic E-state index is 10.8. The Morgan fingerprint density at radius 1 is 1.47 bits per heavy atom. The molecule has 0 bridgehead atoms. The second kappa shape index (κ2) is 3.51. The highest BCUT2D eigenvalue weighted by Gasteiger charge is 2.14. The van der Waals surface area contributed by atoms with Crippen molar-refractivity contribution in [2.45, 2.75) is 13.8 Å². The third kappa shape index (κ3) is 1.66. The Morgan fingerprint density at radius 2 is 2.20 bits per heavy atom. The minimum Gasteiger partial charge on any atom is -0.477 e. The topological polar surface area (TPSA) is 66.0 Å². The quantitative estimate of drug-likeness (QED) is 0.820. The van der Waals surface area contributed by atoms with Crippen LogP contribution in [0.15, 0.2) is 12.3 Å². The lowest BCUT2D eigenvalue weighted by Gasteiger charge is -1.95. The Hall–Kier alpha value is -1.62. The van der Waals surface area contributed by atoms with Crippen LogP contribution < -0.4 is 0 Å². The predicted octanol–water partition coefficient (Wildman–Crippen LogP) is 2.45. The molecule has 15 heavy (non-hydrogen) atoms. The number of hydrogen-bond donors (Lipinski definition) is 2. The zero-order valence-corrected chi connectivity index (χ0v) is 9.18. The van der Waals surface area contributed by atoms with E-state index in [4.69, 9.17) is 5.11 Å². The third-order valence-electron chi connectivity index (χ3n) is 2.25. The maximum atomic E-state index is 10.8. The van der Waals surface area contributed by atoms with Gasteiger partial charge in [-0.1, -0.05) is 0 Å². The molecular formula is C10H10N2O2S. The Bertz CT molecular complexity index is 513. The number of nitrogens with one attached hydrogen (secondary N) is 1. The number of carboxylic acids is 1. The minimum absolute atomic E-state index is 0.364. The van der Waals surface area contributed by atoms with Crippen molar-refractivity contribution in [2.75, 3.05) is 0 Å². The van der Waals surface area contributed by atoms with Crippen molar-refractivity contribution in [1.29, 1.82) is 0 Å². The molecular weight excluding hydrogens is 212 g/mol. The molecule has 0 radical (unpaired) electrons. The molecule has 0 atom stereocenters. The van der Waals surface area contributed by atoms with Gasteiger partial charge in [0.1, 0.15) is 4.88 Å². The van der Waals surface area contributed by atoms with Crippen molar-refractivity contribution in [2.24, 2.45) is 0 Å². The first kappa shape index (κ1) is 9.92. The van der Waals surface area contributed by atoms with Crippen LogP contribution in [0.5, 0.6) is 0 Å². The summed E-state index contributed by atoms with van der Waals surface area (Å²) in [5.41, 5.74) is 2.87. The maximum Gasteiger partial charge on any atom is 0.345 e. The molecule has 5 heteroatoms. The van der Waals surface area contributed by atoms with Gasteiger partial charge in [-0.25, -0.2) is 4.79 Å². The second-order valence-corrected chi connectivity index (χ2v) is 4.55. The van der Waals surface area contributed by atoms with Crippen LogP contribution in [0.25, 0.3) is 11.1 Å². The summed E-state index contributed by atoms with van der Waals surface area (Å²) in [5.74, 6) is -0.879. The second-order valence-electron chi connectivity index (χ2n) is 3.29. The highest BCUT2D eigenvalue weighted by molar-refractivity contribution is 7.14. The molecule has 0 fully saturated rings. The molecule has 0 aliphatic carbocycles. The Morgan fingerprint density at radius 3 is 2.67 bits per heavy atom. The molecule has 0 saturated heterocycles. The Labute approximate surface area is 90.6 Å². The number of aryl methyl sites for hydroxylation is 2. The van der Waals surface area contributed by atoms with Crippen molar-refractivity contribution in [3.63, 3.8) is 0 Å². The number of H-pyrrole nitrogens is 1. The van der Waals surface area contributed by atoms with E-state index in [9.17, 15) is 4.79 Å². The fourth-order valence-corrected chi connectivity index (χ4v) is 2.35. The standard InChI is InChI=1S/C10H10N2O2S/c1-5-8(4-11-12-5)7-3-9(10(13)14)15-6(7)2/h3-4H,1-2H3,(H,11,12)(H,13,14). The van der Waals surface area contributed by atoms with E-state index < -0.39 is 5.97 Å². The van der Waals surface area contributed by atoms with Crippen LogP contribution in [0.1, 0.15) is 20.2 Å². The predicted molar refractivity (Wildman–Crippen MR) is 58.3 cm³/mol. The SMILES string of the molecule is Cc1[nH]ncc1-c1cc(C(=O)O)sc1C. The highest BCUT2D eigenvalue weighted by atomic mass is 32.1. The largest absolute Gasteiger partial charge is 0.477 e. The van der Waals surface area contributed by atoms with Gasteiger partial charge >= 0.3 is 5.97 Å². The van der Waals surface area contributed by atoms with E-state index >= 15 is 0 Å². The smallest absolute Gasteiger partial charge is 0.345 e. The molecule has 2 heterocycles. The van der Waals surface area contributed by atoms with E-state index in [-0.39, 0.29) is 0 Å². The van der Waals surface area contributed by atoms with Gasteiger partial charge in [-0.2, -0.15) is 5.10 Å². The van der Waals surface area contributed by atoms with Gasteiger partial charge in [0.15, 0.2) is 0 Å². The van der Waals surface area contributed by atoms with Crippen LogP contribution in [-0.4, -0.2) is 21.3 Å². The van der Waals surface area contributed by atoms with Crippen LogP contribution in [0, 0.1) is 13.8 Å². The molecule has 0 saturated carbocycles. The van der Waals surface area contributed by atoms with Crippen molar-refractivity contribution in [1.82, 2.24) is 10.2 Å². The number of thiophene rings is 1. The highest BCUT2D eigenvalue weighted by Crippen LogP contribution is 2.31. The van der Waals surface area contributed by atoms with Crippen LogP contribution in [0.4, 0.5) is 0 Å². The van der Waals surface area contributed by atoms with Gasteiger partial charge < -0.3 is 5.11 Å². The number of rotatable bonds is 2. The summed E-state index contributed by atoms with van der Waals surface area (Å²) in [7, 11) is 0. The van der Waals surface area contributed by atoms with E-state index in [0.29, 0.717) is 4.88 Å². The zero-order valence-electron chi connectivity index (χ0n) is 8.37. The van der Waals surface area contributed by atoms with Gasteiger partial charge in [-0.3, -0.25) is 5.10 Å². The third-order valence-corrected chi connectivity index (χ3v) is 3.29. The van der Waals surface area contributed by atoms with Gasteiger partial charge in [-0.05, 0) is 25.5 Å². The lowest BCUT2D eigenvalue weighted by molar-refractivity contribution is 0.0702. The summed E-state index contributed by atoms with van der Waals surface area (Å²) in [4.78, 5) is 12.2. The number of aromatic nitrogens is 2. The van der Waals surface area contributed by atoms with E-state index in [0.717, 1.165) is 21.7 Å². The number of aromatic carboxylic acids is 1. The summed E-state index contributed by atoms with van der Waals surface area (Å²) in [6.07, 6.45) is 1.72. The van der Waals surface area contributed by atoms with Crippen LogP contribution in [-0.2, 0) is 0 Å². The number of hydrogen-bond acceptors (Lipinski definition) is 3. The Balaban J connectivity index is 2.54. The van der Waals surface area contributed by atoms with E-state index in [2.05, 4.69) is 10.2 Å². The summed E-state index contributed by atoms with van der Waals surface area (Å²) in [6.45, 7) is 3.83. The summed E-state index contributed by atoms with van der Waals surface area (Å²) in [5, 5.41) is 15.6. The molecule has 2 rings (SSSR count). The van der Waals surface area contributed by atoms with Crippen LogP contribution in [0.2, 0.25) is 0 Å². The molecule has 4 nitrogen and oxygen atoms in total. The molecule has 78 valence electrons. The van der Waals surface area contributed by atoms with Crippen molar-refractivity contribution in [3.05, 3.63) is 27.7 Å². The van der Waals surface area contributed by atoms with Crippen LogP contribution in [0.3, 0.4) is 0 Å². The Kier molecular flexibility index (Phi) is 2.32. The van der Waals surface area contributed by atoms with E-state index in [1.54, 1.807) is 12.3 Å². The van der Waals surface area contributed by atoms with E-state index in [1.807, 2.05) is 13.8 Å². The molecule has 0 aliphatic heterocycles. The monoisotopic (exact) mass is 222 g/mol. The molecule has 2 aromatic rings. The van der Waals surface area contributed by atoms with Crippen LogP contribution >= 0.6 is 11.3 Å². The fourth-order valence-electron chi connectivity index (χ4n) is 1.48. The van der Waals surface area contributed by atoms with Gasteiger partial charge in [0, 0.05) is 16.1 Å².